The molecule has 1 heterocycles. The Balaban J connectivity index is 2.02. The lowest BCUT2D eigenvalue weighted by Crippen LogP contribution is -2.37. The lowest BCUT2D eigenvalue weighted by Gasteiger charge is -2.41. The fourth-order valence-corrected chi connectivity index (χ4v) is 5.90. The Morgan fingerprint density at radius 1 is 0.962 bits per heavy atom. The second-order valence-corrected chi connectivity index (χ2v) is 8.73. The number of rotatable bonds is 7. The van der Waals surface area contributed by atoms with Crippen LogP contribution in [-0.2, 0) is 9.09 Å². The highest BCUT2D eigenvalue weighted by Gasteiger charge is 2.42. The first kappa shape index (κ1) is 19.3. The lowest BCUT2D eigenvalue weighted by molar-refractivity contribution is 0.350. The number of halogens is 2. The van der Waals surface area contributed by atoms with Gasteiger partial charge in [0.2, 0.25) is 0 Å². The number of hydrogen-bond acceptors (Lipinski definition) is 2. The molecule has 7 heteroatoms. The molecule has 1 atom stereocenters. The molecular formula is C19H21Cl2N2O2P. The number of nitrogens with zero attached hydrogens (tertiary/aromatic N) is 2. The molecule has 0 bridgehead atoms. The Labute approximate surface area is 164 Å². The first-order valence-corrected chi connectivity index (χ1v) is 11.0. The van der Waals surface area contributed by atoms with E-state index in [0.717, 1.165) is 11.3 Å². The second kappa shape index (κ2) is 8.96. The second-order valence-electron chi connectivity index (χ2n) is 5.77. The van der Waals surface area contributed by atoms with Crippen molar-refractivity contribution in [2.45, 2.75) is 0 Å². The van der Waals surface area contributed by atoms with Crippen LogP contribution in [0.5, 0.6) is 0 Å². The third-order valence-corrected chi connectivity index (χ3v) is 7.02. The van der Waals surface area contributed by atoms with E-state index in [1.807, 2.05) is 66.7 Å². The van der Waals surface area contributed by atoms with Gasteiger partial charge in [0.15, 0.2) is 0 Å². The summed E-state index contributed by atoms with van der Waals surface area (Å²) in [5.41, 5.74) is 1.74. The van der Waals surface area contributed by atoms with Crippen LogP contribution < -0.4 is 4.67 Å². The first-order valence-electron chi connectivity index (χ1n) is 8.44. The van der Waals surface area contributed by atoms with Crippen molar-refractivity contribution in [2.75, 3.05) is 36.1 Å². The van der Waals surface area contributed by atoms with Gasteiger partial charge in [0.05, 0.1) is 6.54 Å². The first-order chi connectivity index (χ1) is 12.7. The molecule has 1 unspecified atom stereocenters. The van der Waals surface area contributed by atoms with Crippen LogP contribution in [0.1, 0.15) is 5.56 Å². The van der Waals surface area contributed by atoms with Crippen molar-refractivity contribution in [3.63, 3.8) is 0 Å². The SMILES string of the molecule is O=P1(N(CCCl)CCCl)OC(c2ccccc2)=CCN1c1ccccc1. The molecule has 138 valence electrons. The largest absolute Gasteiger partial charge is 0.422 e. The van der Waals surface area contributed by atoms with Crippen LogP contribution in [0.2, 0.25) is 0 Å². The van der Waals surface area contributed by atoms with Crippen LogP contribution >= 0.6 is 30.9 Å². The highest BCUT2D eigenvalue weighted by atomic mass is 35.5. The molecule has 1 aliphatic rings. The minimum atomic E-state index is -3.38. The molecule has 0 N–H and O–H groups in total. The molecular weight excluding hydrogens is 390 g/mol. The molecule has 0 aromatic heterocycles. The van der Waals surface area contributed by atoms with Gasteiger partial charge in [0.1, 0.15) is 5.76 Å². The molecule has 3 rings (SSSR count). The third-order valence-electron chi connectivity index (χ3n) is 4.13. The Morgan fingerprint density at radius 3 is 2.12 bits per heavy atom. The van der Waals surface area contributed by atoms with Crippen LogP contribution in [0.4, 0.5) is 5.69 Å². The third kappa shape index (κ3) is 4.10. The summed E-state index contributed by atoms with van der Waals surface area (Å²) in [4.78, 5) is 0. The monoisotopic (exact) mass is 410 g/mol. The predicted molar refractivity (Wildman–Crippen MR) is 110 cm³/mol. The Bertz CT molecular complexity index is 781. The minimum absolute atomic E-state index is 0.344. The molecule has 0 saturated carbocycles. The highest BCUT2D eigenvalue weighted by Crippen LogP contribution is 2.60. The number of alkyl halides is 2. The van der Waals surface area contributed by atoms with E-state index in [-0.39, 0.29) is 0 Å². The lowest BCUT2D eigenvalue weighted by atomic mass is 10.2. The Hall–Kier alpha value is -1.45. The summed E-state index contributed by atoms with van der Waals surface area (Å²) in [6.45, 7) is 1.33. The van der Waals surface area contributed by atoms with Crippen LogP contribution in [0, 0.1) is 0 Å². The quantitative estimate of drug-likeness (QED) is 0.448. The molecule has 0 aliphatic carbocycles. The van der Waals surface area contributed by atoms with Gasteiger partial charge in [-0.25, -0.2) is 9.24 Å². The average Bonchev–Trinajstić information content (AvgIpc) is 2.69. The van der Waals surface area contributed by atoms with Gasteiger partial charge in [-0.1, -0.05) is 48.5 Å². The van der Waals surface area contributed by atoms with E-state index < -0.39 is 7.67 Å². The van der Waals surface area contributed by atoms with Gasteiger partial charge in [0, 0.05) is 36.1 Å². The van der Waals surface area contributed by atoms with Gasteiger partial charge in [-0.3, -0.25) is 4.67 Å². The summed E-state index contributed by atoms with van der Waals surface area (Å²) in [6.07, 6.45) is 1.96. The van der Waals surface area contributed by atoms with Crippen LogP contribution in [0.3, 0.4) is 0 Å². The van der Waals surface area contributed by atoms with Gasteiger partial charge < -0.3 is 4.52 Å². The molecule has 0 saturated heterocycles. The Morgan fingerprint density at radius 2 is 1.54 bits per heavy atom. The topological polar surface area (TPSA) is 32.8 Å². The van der Waals surface area contributed by atoms with E-state index in [9.17, 15) is 4.57 Å². The summed E-state index contributed by atoms with van der Waals surface area (Å²) in [7, 11) is -3.38. The molecule has 26 heavy (non-hydrogen) atoms. The smallest absolute Gasteiger partial charge is 0.417 e. The molecule has 4 nitrogen and oxygen atoms in total. The van der Waals surface area contributed by atoms with E-state index in [4.69, 9.17) is 27.7 Å². The molecule has 0 amide bonds. The van der Waals surface area contributed by atoms with Crippen molar-refractivity contribution < 1.29 is 9.09 Å². The zero-order valence-corrected chi connectivity index (χ0v) is 16.7. The number of hydrogen-bond donors (Lipinski definition) is 0. The Kier molecular flexibility index (Phi) is 6.66. The van der Waals surface area contributed by atoms with Crippen molar-refractivity contribution in [3.05, 3.63) is 72.3 Å². The van der Waals surface area contributed by atoms with E-state index in [2.05, 4.69) is 0 Å². The maximum atomic E-state index is 14.1. The van der Waals surface area contributed by atoms with Crippen molar-refractivity contribution in [3.8, 4) is 0 Å². The molecule has 0 fully saturated rings. The van der Waals surface area contributed by atoms with Gasteiger partial charge in [0.25, 0.3) is 0 Å². The number of para-hydroxylation sites is 1. The maximum Gasteiger partial charge on any atom is 0.422 e. The van der Waals surface area contributed by atoms with Crippen molar-refractivity contribution in [1.82, 2.24) is 4.67 Å². The summed E-state index contributed by atoms with van der Waals surface area (Å²) in [6, 6.07) is 19.3. The standard InChI is InChI=1S/C19H21Cl2N2O2P/c20-12-15-22(16-13-21)26(24)23(18-9-5-2-6-10-18)14-11-19(25-26)17-7-3-1-4-8-17/h1-11H,12-16H2. The fraction of sp³-hybridized carbons (Fsp3) is 0.263. The van der Waals surface area contributed by atoms with E-state index >= 15 is 0 Å². The predicted octanol–water partition coefficient (Wildman–Crippen LogP) is 5.45. The summed E-state index contributed by atoms with van der Waals surface area (Å²) < 4.78 is 23.8. The van der Waals surface area contributed by atoms with Crippen molar-refractivity contribution in [1.29, 1.82) is 0 Å². The summed E-state index contributed by atoms with van der Waals surface area (Å²) in [5.74, 6) is 1.31. The van der Waals surface area contributed by atoms with Crippen LogP contribution in [0.25, 0.3) is 5.76 Å². The zero-order chi connectivity index (χ0) is 18.4. The molecule has 2 aromatic rings. The van der Waals surface area contributed by atoms with Crippen molar-refractivity contribution >= 4 is 42.3 Å². The van der Waals surface area contributed by atoms with Gasteiger partial charge in [-0.15, -0.1) is 23.2 Å². The minimum Gasteiger partial charge on any atom is -0.417 e. The number of benzene rings is 2. The molecule has 2 aromatic carbocycles. The van der Waals surface area contributed by atoms with Crippen LogP contribution in [0.15, 0.2) is 66.7 Å². The maximum absolute atomic E-state index is 14.1. The zero-order valence-electron chi connectivity index (χ0n) is 14.3. The van der Waals surface area contributed by atoms with E-state index in [0.29, 0.717) is 37.2 Å². The number of anilines is 1. The van der Waals surface area contributed by atoms with Crippen LogP contribution in [-0.4, -0.2) is 36.1 Å². The van der Waals surface area contributed by atoms with Gasteiger partial charge >= 0.3 is 7.67 Å². The average molecular weight is 411 g/mol. The molecule has 0 radical (unpaired) electrons. The molecule has 1 aliphatic heterocycles. The molecule has 0 spiro atoms. The van der Waals surface area contributed by atoms with Gasteiger partial charge in [-0.05, 0) is 18.2 Å². The van der Waals surface area contributed by atoms with E-state index in [1.165, 1.54) is 0 Å². The van der Waals surface area contributed by atoms with E-state index in [1.54, 1.807) is 9.34 Å². The van der Waals surface area contributed by atoms with Crippen molar-refractivity contribution in [2.24, 2.45) is 0 Å². The fourth-order valence-electron chi connectivity index (χ4n) is 2.88. The summed E-state index contributed by atoms with van der Waals surface area (Å²) >= 11 is 11.9. The highest BCUT2D eigenvalue weighted by molar-refractivity contribution is 7.58. The normalized spacial score (nSPS) is 20.0. The van der Waals surface area contributed by atoms with Gasteiger partial charge in [-0.2, -0.15) is 0 Å². The summed E-state index contributed by atoms with van der Waals surface area (Å²) in [5, 5.41) is 0.